The third kappa shape index (κ3) is 4.58. The zero-order chi connectivity index (χ0) is 16.7. The third-order valence-electron chi connectivity index (χ3n) is 3.94. The van der Waals surface area contributed by atoms with Gasteiger partial charge in [0, 0.05) is 13.0 Å². The number of hydrogen-bond donors (Lipinski definition) is 1. The molecule has 2 amide bonds. The molecule has 0 aliphatic carbocycles. The molecule has 0 radical (unpaired) electrons. The van der Waals surface area contributed by atoms with Gasteiger partial charge in [0.2, 0.25) is 11.8 Å². The second kappa shape index (κ2) is 8.57. The number of carbonyl (C=O) groups excluding carboxylic acids is 2. The largest absolute Gasteiger partial charge is 0.352 e. The molecule has 0 aliphatic heterocycles. The first-order valence-corrected chi connectivity index (χ1v) is 8.12. The summed E-state index contributed by atoms with van der Waals surface area (Å²) in [5.74, 6) is -0.215. The molecule has 1 rings (SSSR count). The van der Waals surface area contributed by atoms with Gasteiger partial charge in [-0.1, -0.05) is 39.0 Å². The SMILES string of the molecule is CCc1cccc(CC)c1N(CC(=O)NC(C)CC)C(C)=O. The molecule has 4 heteroatoms. The number of aryl methyl sites for hydroxylation is 2. The van der Waals surface area contributed by atoms with Crippen molar-refractivity contribution in [2.75, 3.05) is 11.4 Å². The predicted molar refractivity (Wildman–Crippen MR) is 91.1 cm³/mol. The van der Waals surface area contributed by atoms with Gasteiger partial charge in [-0.3, -0.25) is 9.59 Å². The van der Waals surface area contributed by atoms with Gasteiger partial charge in [0.1, 0.15) is 6.54 Å². The summed E-state index contributed by atoms with van der Waals surface area (Å²) in [4.78, 5) is 25.9. The van der Waals surface area contributed by atoms with E-state index in [0.29, 0.717) is 0 Å². The summed E-state index contributed by atoms with van der Waals surface area (Å²) in [6.45, 7) is 9.71. The fourth-order valence-corrected chi connectivity index (χ4v) is 2.48. The van der Waals surface area contributed by atoms with Crippen molar-refractivity contribution < 1.29 is 9.59 Å². The van der Waals surface area contributed by atoms with Gasteiger partial charge in [0.25, 0.3) is 0 Å². The second-order valence-electron chi connectivity index (χ2n) is 5.61. The molecular formula is C18H28N2O2. The first-order valence-electron chi connectivity index (χ1n) is 8.12. The van der Waals surface area contributed by atoms with Crippen LogP contribution in [0.3, 0.4) is 0 Å². The van der Waals surface area contributed by atoms with Crippen LogP contribution in [0.2, 0.25) is 0 Å². The number of para-hydroxylation sites is 1. The van der Waals surface area contributed by atoms with Crippen LogP contribution >= 0.6 is 0 Å². The van der Waals surface area contributed by atoms with Gasteiger partial charge in [0.05, 0.1) is 5.69 Å². The van der Waals surface area contributed by atoms with Gasteiger partial charge in [-0.15, -0.1) is 0 Å². The molecular weight excluding hydrogens is 276 g/mol. The first kappa shape index (κ1) is 18.2. The van der Waals surface area contributed by atoms with Crippen molar-refractivity contribution in [1.29, 1.82) is 0 Å². The zero-order valence-electron chi connectivity index (χ0n) is 14.4. The molecule has 1 aromatic carbocycles. The summed E-state index contributed by atoms with van der Waals surface area (Å²) < 4.78 is 0. The Morgan fingerprint density at radius 3 is 2.09 bits per heavy atom. The van der Waals surface area contributed by atoms with Gasteiger partial charge in [-0.2, -0.15) is 0 Å². The lowest BCUT2D eigenvalue weighted by molar-refractivity contribution is -0.123. The topological polar surface area (TPSA) is 49.4 Å². The molecule has 0 heterocycles. The summed E-state index contributed by atoms with van der Waals surface area (Å²) in [6, 6.07) is 6.18. The van der Waals surface area contributed by atoms with E-state index in [-0.39, 0.29) is 24.4 Å². The zero-order valence-corrected chi connectivity index (χ0v) is 14.4. The van der Waals surface area contributed by atoms with Crippen molar-refractivity contribution in [3.63, 3.8) is 0 Å². The van der Waals surface area contributed by atoms with E-state index in [9.17, 15) is 9.59 Å². The highest BCUT2D eigenvalue weighted by Crippen LogP contribution is 2.27. The molecule has 0 bridgehead atoms. The van der Waals surface area contributed by atoms with E-state index in [4.69, 9.17) is 0 Å². The van der Waals surface area contributed by atoms with Crippen molar-refractivity contribution in [3.8, 4) is 0 Å². The van der Waals surface area contributed by atoms with Crippen LogP contribution in [0.5, 0.6) is 0 Å². The van der Waals surface area contributed by atoms with Crippen molar-refractivity contribution in [2.45, 2.75) is 59.9 Å². The molecule has 1 N–H and O–H groups in total. The summed E-state index contributed by atoms with van der Waals surface area (Å²) in [6.07, 6.45) is 2.54. The lowest BCUT2D eigenvalue weighted by atomic mass is 10.0. The molecule has 0 saturated carbocycles. The Morgan fingerprint density at radius 1 is 1.14 bits per heavy atom. The third-order valence-corrected chi connectivity index (χ3v) is 3.94. The van der Waals surface area contributed by atoms with E-state index < -0.39 is 0 Å². The number of amides is 2. The smallest absolute Gasteiger partial charge is 0.240 e. The van der Waals surface area contributed by atoms with Crippen LogP contribution in [0, 0.1) is 0 Å². The lowest BCUT2D eigenvalue weighted by Gasteiger charge is -2.26. The Kier molecular flexibility index (Phi) is 7.09. The maximum absolute atomic E-state index is 12.2. The highest BCUT2D eigenvalue weighted by atomic mass is 16.2. The summed E-state index contributed by atoms with van der Waals surface area (Å²) in [5.41, 5.74) is 3.11. The fourth-order valence-electron chi connectivity index (χ4n) is 2.48. The summed E-state index contributed by atoms with van der Waals surface area (Å²) in [5, 5.41) is 2.93. The monoisotopic (exact) mass is 304 g/mol. The van der Waals surface area contributed by atoms with Crippen LogP contribution in [0.1, 0.15) is 52.2 Å². The van der Waals surface area contributed by atoms with E-state index in [1.807, 2.05) is 32.0 Å². The van der Waals surface area contributed by atoms with Gasteiger partial charge >= 0.3 is 0 Å². The Labute approximate surface area is 133 Å². The molecule has 0 spiro atoms. The van der Waals surface area contributed by atoms with Gasteiger partial charge in [-0.05, 0) is 37.3 Å². The van der Waals surface area contributed by atoms with E-state index in [1.54, 1.807) is 4.90 Å². The fraction of sp³-hybridized carbons (Fsp3) is 0.556. The van der Waals surface area contributed by atoms with Crippen LogP contribution in [-0.2, 0) is 22.4 Å². The number of carbonyl (C=O) groups is 2. The molecule has 4 nitrogen and oxygen atoms in total. The van der Waals surface area contributed by atoms with E-state index in [2.05, 4.69) is 19.2 Å². The molecule has 22 heavy (non-hydrogen) atoms. The van der Waals surface area contributed by atoms with Gasteiger partial charge in [0.15, 0.2) is 0 Å². The molecule has 0 aromatic heterocycles. The highest BCUT2D eigenvalue weighted by molar-refractivity contribution is 5.98. The molecule has 1 atom stereocenters. The van der Waals surface area contributed by atoms with E-state index in [1.165, 1.54) is 6.92 Å². The number of rotatable bonds is 7. The Hall–Kier alpha value is -1.84. The highest BCUT2D eigenvalue weighted by Gasteiger charge is 2.21. The van der Waals surface area contributed by atoms with Crippen molar-refractivity contribution in [2.24, 2.45) is 0 Å². The first-order chi connectivity index (χ1) is 10.4. The van der Waals surface area contributed by atoms with Crippen LogP contribution in [0.15, 0.2) is 18.2 Å². The quantitative estimate of drug-likeness (QED) is 0.841. The van der Waals surface area contributed by atoms with Crippen LogP contribution < -0.4 is 10.2 Å². The minimum Gasteiger partial charge on any atom is -0.352 e. The summed E-state index contributed by atoms with van der Waals surface area (Å²) >= 11 is 0. The standard InChI is InChI=1S/C18H28N2O2/c1-6-13(4)19-17(22)12-20(14(5)21)18-15(7-2)10-9-11-16(18)8-3/h9-11,13H,6-8,12H2,1-5H3,(H,19,22). The molecule has 0 aliphatic rings. The number of nitrogens with zero attached hydrogens (tertiary/aromatic N) is 1. The Morgan fingerprint density at radius 2 is 1.68 bits per heavy atom. The normalized spacial score (nSPS) is 11.9. The summed E-state index contributed by atoms with van der Waals surface area (Å²) in [7, 11) is 0. The van der Waals surface area contributed by atoms with E-state index in [0.717, 1.165) is 36.1 Å². The molecule has 1 unspecified atom stereocenters. The van der Waals surface area contributed by atoms with Crippen molar-refractivity contribution >= 4 is 17.5 Å². The number of benzene rings is 1. The number of nitrogens with one attached hydrogen (secondary N) is 1. The molecule has 0 fully saturated rings. The van der Waals surface area contributed by atoms with Crippen molar-refractivity contribution in [1.82, 2.24) is 5.32 Å². The maximum Gasteiger partial charge on any atom is 0.240 e. The van der Waals surface area contributed by atoms with Crippen LogP contribution in [0.25, 0.3) is 0 Å². The second-order valence-corrected chi connectivity index (χ2v) is 5.61. The van der Waals surface area contributed by atoms with Crippen LogP contribution in [0.4, 0.5) is 5.69 Å². The van der Waals surface area contributed by atoms with Gasteiger partial charge < -0.3 is 10.2 Å². The van der Waals surface area contributed by atoms with Gasteiger partial charge in [-0.25, -0.2) is 0 Å². The van der Waals surface area contributed by atoms with Crippen molar-refractivity contribution in [3.05, 3.63) is 29.3 Å². The average molecular weight is 304 g/mol. The molecule has 122 valence electrons. The molecule has 0 saturated heterocycles. The Bertz CT molecular complexity index is 504. The van der Waals surface area contributed by atoms with Crippen LogP contribution in [-0.4, -0.2) is 24.4 Å². The minimum atomic E-state index is -0.113. The maximum atomic E-state index is 12.2. The molecule has 1 aromatic rings. The number of anilines is 1. The van der Waals surface area contributed by atoms with E-state index >= 15 is 0 Å². The number of hydrogen-bond acceptors (Lipinski definition) is 2. The minimum absolute atomic E-state index is 0.0731. The predicted octanol–water partition coefficient (Wildman–Crippen LogP) is 3.08. The average Bonchev–Trinajstić information content (AvgIpc) is 2.51. The Balaban J connectivity index is 3.11. The lowest BCUT2D eigenvalue weighted by Crippen LogP contribution is -2.43.